The van der Waals surface area contributed by atoms with Gasteiger partial charge in [0.1, 0.15) is 6.61 Å². The van der Waals surface area contributed by atoms with Crippen LogP contribution in [0.5, 0.6) is 0 Å². The molecule has 4 aromatic carbocycles. The molecule has 1 aliphatic rings. The second kappa shape index (κ2) is 10.8. The second-order valence-corrected chi connectivity index (χ2v) is 8.80. The Morgan fingerprint density at radius 1 is 0.750 bits per heavy atom. The van der Waals surface area contributed by atoms with Crippen LogP contribution in [0, 0.1) is 0 Å². The number of nitrogens with zero attached hydrogens (tertiary/aromatic N) is 3. The van der Waals surface area contributed by atoms with Crippen molar-refractivity contribution < 1.29 is 17.4 Å². The van der Waals surface area contributed by atoms with Crippen LogP contribution in [-0.4, -0.2) is 36.8 Å². The summed E-state index contributed by atoms with van der Waals surface area (Å²) < 4.78 is 5.98. The number of hydrogen-bond donors (Lipinski definition) is 0. The number of benzene rings is 4. The fraction of sp³-hybridized carbons (Fsp3) is 0.120. The minimum atomic E-state index is 0.558. The molecule has 0 N–H and O–H groups in total. The summed E-state index contributed by atoms with van der Waals surface area (Å²) in [5.41, 5.74) is 1.81. The number of hydrogen-bond acceptors (Lipinski definition) is 3. The van der Waals surface area contributed by atoms with Gasteiger partial charge in [-0.3, -0.25) is 0 Å². The van der Waals surface area contributed by atoms with Gasteiger partial charge in [-0.05, 0) is 22.9 Å². The Bertz CT molecular complexity index is 1280. The topological polar surface area (TPSA) is 37.2 Å². The number of halogens is 2. The summed E-state index contributed by atoms with van der Waals surface area (Å²) in [6.07, 6.45) is 0. The van der Waals surface area contributed by atoms with Crippen molar-refractivity contribution in [1.82, 2.24) is 4.90 Å². The van der Waals surface area contributed by atoms with E-state index >= 15 is 0 Å². The Kier molecular flexibility index (Phi) is 7.65. The molecule has 1 saturated heterocycles. The zero-order valence-electron chi connectivity index (χ0n) is 17.3. The first-order valence-corrected chi connectivity index (χ1v) is 12.7. The van der Waals surface area contributed by atoms with Crippen molar-refractivity contribution in [3.63, 3.8) is 0 Å². The molecule has 5 rings (SSSR count). The molecule has 32 heavy (non-hydrogen) atoms. The fourth-order valence-corrected chi connectivity index (χ4v) is 3.66. The van der Waals surface area contributed by atoms with Crippen molar-refractivity contribution in [3.05, 3.63) is 84.9 Å². The molecule has 166 valence electrons. The quantitative estimate of drug-likeness (QED) is 0.271. The number of ether oxygens (including phenoxy) is 1. The molecule has 0 atom stereocenters. The van der Waals surface area contributed by atoms with Crippen LogP contribution in [0.4, 0.5) is 11.4 Å². The predicted molar refractivity (Wildman–Crippen MR) is 132 cm³/mol. The van der Waals surface area contributed by atoms with Crippen LogP contribution in [-0.2, 0) is 17.4 Å². The van der Waals surface area contributed by atoms with E-state index in [4.69, 9.17) is 35.1 Å². The van der Waals surface area contributed by atoms with E-state index in [1.165, 1.54) is 5.39 Å². The average molecular weight is 509 g/mol. The third-order valence-corrected chi connectivity index (χ3v) is 5.20. The van der Waals surface area contributed by atoms with Gasteiger partial charge < -0.3 is 9.64 Å². The average Bonchev–Trinajstić information content (AvgIpc) is 2.82. The predicted octanol–water partition coefficient (Wildman–Crippen LogP) is 7.09. The standard InChI is InChI=1S/C25H21N3O.2ClH.Ni/c1-28-16-17-29-25(27-23-15-7-11-19-9-3-5-13-21(19)23)24(28)26-22-14-6-10-18-8-2-4-12-20(18)22;;;/h2-15H,16-17H2,1H3;2*1H;/q;;;+2/p-2. The Labute approximate surface area is 201 Å². The normalized spacial score (nSPS) is 16.3. The maximum atomic E-state index is 5.98. The monoisotopic (exact) mass is 507 g/mol. The molecule has 1 aliphatic heterocycles. The van der Waals surface area contributed by atoms with Crippen LogP contribution < -0.4 is 0 Å². The molecule has 0 aromatic heterocycles. The summed E-state index contributed by atoms with van der Waals surface area (Å²) in [5, 5.41) is 4.54. The molecule has 0 aliphatic carbocycles. The third-order valence-electron chi connectivity index (χ3n) is 5.20. The summed E-state index contributed by atoms with van der Waals surface area (Å²) >= 11 is 0.569. The Morgan fingerprint density at radius 2 is 1.25 bits per heavy atom. The van der Waals surface area contributed by atoms with Gasteiger partial charge in [0, 0.05) is 17.8 Å². The number of likely N-dealkylation sites (N-methyl/N-ethyl adjacent to an activating group) is 1. The number of amidine groups is 1. The van der Waals surface area contributed by atoms with Gasteiger partial charge in [-0.1, -0.05) is 72.8 Å². The summed E-state index contributed by atoms with van der Waals surface area (Å²) in [4.78, 5) is 12.0. The maximum absolute atomic E-state index is 5.98. The molecule has 1 heterocycles. The Morgan fingerprint density at radius 3 is 1.84 bits per heavy atom. The van der Waals surface area contributed by atoms with Crippen LogP contribution in [0.2, 0.25) is 0 Å². The van der Waals surface area contributed by atoms with E-state index in [0.717, 1.165) is 39.9 Å². The number of fused-ring (bicyclic) bond motifs is 2. The molecular weight excluding hydrogens is 488 g/mol. The zero-order chi connectivity index (χ0) is 22.3. The van der Waals surface area contributed by atoms with Crippen molar-refractivity contribution in [2.75, 3.05) is 20.2 Å². The van der Waals surface area contributed by atoms with Gasteiger partial charge in [0.2, 0.25) is 0 Å². The number of aliphatic imine (C=N–C) groups is 2. The van der Waals surface area contributed by atoms with Crippen molar-refractivity contribution in [1.29, 1.82) is 0 Å². The van der Waals surface area contributed by atoms with E-state index in [2.05, 4.69) is 41.3 Å². The molecular formula is C25H21Cl2N3NiO. The van der Waals surface area contributed by atoms with E-state index in [0.29, 0.717) is 25.2 Å². The molecule has 1 fully saturated rings. The van der Waals surface area contributed by atoms with Gasteiger partial charge in [0.25, 0.3) is 5.90 Å². The molecule has 7 heteroatoms. The zero-order valence-corrected chi connectivity index (χ0v) is 19.8. The first-order valence-electron chi connectivity index (χ1n) is 10.0. The van der Waals surface area contributed by atoms with Gasteiger partial charge in [-0.2, -0.15) is 0 Å². The Balaban J connectivity index is 0.000000775. The summed E-state index contributed by atoms with van der Waals surface area (Å²) in [5.74, 6) is 1.31. The first-order chi connectivity index (χ1) is 15.7. The molecule has 4 nitrogen and oxygen atoms in total. The molecule has 4 aromatic rings. The van der Waals surface area contributed by atoms with Crippen molar-refractivity contribution in [2.45, 2.75) is 0 Å². The SMILES string of the molecule is CN1CCOC(=Nc2cccc3ccccc23)C1=Nc1cccc2ccccc12.[Cl][Ni][Cl]. The summed E-state index contributed by atoms with van der Waals surface area (Å²) in [6, 6.07) is 28.8. The van der Waals surface area contributed by atoms with Crippen molar-refractivity contribution in [2.24, 2.45) is 9.98 Å². The van der Waals surface area contributed by atoms with E-state index in [9.17, 15) is 0 Å². The van der Waals surface area contributed by atoms with E-state index < -0.39 is 0 Å². The van der Waals surface area contributed by atoms with Gasteiger partial charge in [-0.15, -0.1) is 0 Å². The molecule has 0 spiro atoms. The summed E-state index contributed by atoms with van der Waals surface area (Å²) in [6.45, 7) is 1.37. The van der Waals surface area contributed by atoms with Crippen LogP contribution >= 0.6 is 20.4 Å². The first kappa shape index (κ1) is 22.6. The molecule has 0 bridgehead atoms. The summed E-state index contributed by atoms with van der Waals surface area (Å²) in [7, 11) is 11.4. The van der Waals surface area contributed by atoms with Gasteiger partial charge in [0.15, 0.2) is 5.84 Å². The Hall–Kier alpha value is -2.59. The molecule has 0 radical (unpaired) electrons. The molecule has 0 unspecified atom stereocenters. The van der Waals surface area contributed by atoms with Gasteiger partial charge >= 0.3 is 33.0 Å². The van der Waals surface area contributed by atoms with Crippen molar-refractivity contribution in [3.8, 4) is 0 Å². The molecule has 0 amide bonds. The van der Waals surface area contributed by atoms with Crippen LogP contribution in [0.15, 0.2) is 94.9 Å². The van der Waals surface area contributed by atoms with E-state index in [1.54, 1.807) is 0 Å². The van der Waals surface area contributed by atoms with Crippen LogP contribution in [0.1, 0.15) is 0 Å². The second-order valence-electron chi connectivity index (χ2n) is 7.16. The van der Waals surface area contributed by atoms with Crippen molar-refractivity contribution >= 4 is 65.0 Å². The minimum absolute atomic E-state index is 0.558. The molecule has 0 saturated carbocycles. The third kappa shape index (κ3) is 5.07. The van der Waals surface area contributed by atoms with Crippen LogP contribution in [0.3, 0.4) is 0 Å². The van der Waals surface area contributed by atoms with Crippen LogP contribution in [0.25, 0.3) is 21.5 Å². The number of morpholine rings is 1. The fourth-order valence-electron chi connectivity index (χ4n) is 3.66. The van der Waals surface area contributed by atoms with Gasteiger partial charge in [-0.25, -0.2) is 9.98 Å². The van der Waals surface area contributed by atoms with E-state index in [1.807, 2.05) is 55.6 Å². The number of rotatable bonds is 2. The van der Waals surface area contributed by atoms with Gasteiger partial charge in [0.05, 0.1) is 17.9 Å². The van der Waals surface area contributed by atoms with E-state index in [-0.39, 0.29) is 0 Å².